The Hall–Kier alpha value is -3.75. The number of hydrogen-bond donors (Lipinski definition) is 3. The van der Waals surface area contributed by atoms with Gasteiger partial charge in [-0.15, -0.1) is 0 Å². The molecule has 9 heteroatoms. The SMILES string of the molecule is O=C(NCc1nc(-c2ccc[nH]c2=O)no1)c1ccc2nc[nH]c2c1. The monoisotopic (exact) mass is 336 g/mol. The number of benzene rings is 1. The summed E-state index contributed by atoms with van der Waals surface area (Å²) in [6, 6.07) is 8.40. The largest absolute Gasteiger partial charge is 0.345 e. The average molecular weight is 336 g/mol. The predicted octanol–water partition coefficient (Wildman–Crippen LogP) is 1.23. The van der Waals surface area contributed by atoms with Gasteiger partial charge < -0.3 is 19.8 Å². The molecule has 0 aliphatic carbocycles. The Morgan fingerprint density at radius 1 is 1.24 bits per heavy atom. The molecule has 3 heterocycles. The third-order valence-electron chi connectivity index (χ3n) is 3.61. The van der Waals surface area contributed by atoms with Gasteiger partial charge in [-0.3, -0.25) is 9.59 Å². The van der Waals surface area contributed by atoms with E-state index in [1.54, 1.807) is 36.7 Å². The zero-order chi connectivity index (χ0) is 17.2. The zero-order valence-corrected chi connectivity index (χ0v) is 12.8. The molecule has 4 aromatic rings. The second-order valence-corrected chi connectivity index (χ2v) is 5.24. The van der Waals surface area contributed by atoms with E-state index >= 15 is 0 Å². The number of nitrogens with one attached hydrogen (secondary N) is 3. The van der Waals surface area contributed by atoms with Crippen molar-refractivity contribution < 1.29 is 9.32 Å². The minimum absolute atomic E-state index is 0.0532. The summed E-state index contributed by atoms with van der Waals surface area (Å²) in [4.78, 5) is 37.6. The van der Waals surface area contributed by atoms with Gasteiger partial charge in [-0.05, 0) is 30.3 Å². The lowest BCUT2D eigenvalue weighted by Crippen LogP contribution is -2.22. The van der Waals surface area contributed by atoms with Crippen LogP contribution in [0.4, 0.5) is 0 Å². The van der Waals surface area contributed by atoms with E-state index < -0.39 is 0 Å². The smallest absolute Gasteiger partial charge is 0.259 e. The lowest BCUT2D eigenvalue weighted by atomic mass is 10.2. The van der Waals surface area contributed by atoms with Crippen LogP contribution in [0.25, 0.3) is 22.4 Å². The average Bonchev–Trinajstić information content (AvgIpc) is 3.28. The van der Waals surface area contributed by atoms with E-state index in [2.05, 4.69) is 30.4 Å². The van der Waals surface area contributed by atoms with Crippen molar-refractivity contribution >= 4 is 16.9 Å². The van der Waals surface area contributed by atoms with E-state index in [1.165, 1.54) is 6.20 Å². The second kappa shape index (κ2) is 6.04. The van der Waals surface area contributed by atoms with Gasteiger partial charge >= 0.3 is 0 Å². The lowest BCUT2D eigenvalue weighted by molar-refractivity contribution is 0.0946. The summed E-state index contributed by atoms with van der Waals surface area (Å²) in [6.45, 7) is 0.0532. The number of fused-ring (bicyclic) bond motifs is 1. The highest BCUT2D eigenvalue weighted by atomic mass is 16.5. The van der Waals surface area contributed by atoms with Crippen molar-refractivity contribution in [3.05, 3.63) is 64.7 Å². The van der Waals surface area contributed by atoms with Gasteiger partial charge in [-0.2, -0.15) is 4.98 Å². The summed E-state index contributed by atoms with van der Waals surface area (Å²) in [5.41, 5.74) is 2.03. The molecule has 0 atom stereocenters. The van der Waals surface area contributed by atoms with E-state index in [-0.39, 0.29) is 29.7 Å². The topological polar surface area (TPSA) is 130 Å². The van der Waals surface area contributed by atoms with Gasteiger partial charge in [0, 0.05) is 11.8 Å². The van der Waals surface area contributed by atoms with Crippen LogP contribution in [0.3, 0.4) is 0 Å². The molecule has 3 N–H and O–H groups in total. The molecule has 4 rings (SSSR count). The molecule has 25 heavy (non-hydrogen) atoms. The van der Waals surface area contributed by atoms with Gasteiger partial charge in [0.2, 0.25) is 11.7 Å². The number of imidazole rings is 1. The van der Waals surface area contributed by atoms with Crippen molar-refractivity contribution in [3.63, 3.8) is 0 Å². The van der Waals surface area contributed by atoms with Gasteiger partial charge in [-0.25, -0.2) is 4.98 Å². The fourth-order valence-electron chi connectivity index (χ4n) is 2.37. The first-order valence-electron chi connectivity index (χ1n) is 7.43. The first-order valence-corrected chi connectivity index (χ1v) is 7.43. The van der Waals surface area contributed by atoms with E-state index in [1.807, 2.05) is 0 Å². The second-order valence-electron chi connectivity index (χ2n) is 5.24. The maximum absolute atomic E-state index is 12.2. The van der Waals surface area contributed by atoms with Gasteiger partial charge in [0.25, 0.3) is 11.5 Å². The molecule has 0 unspecified atom stereocenters. The number of nitrogens with zero attached hydrogens (tertiary/aromatic N) is 3. The van der Waals surface area contributed by atoms with Crippen LogP contribution in [-0.2, 0) is 6.54 Å². The highest BCUT2D eigenvalue weighted by molar-refractivity contribution is 5.97. The Labute approximate surface area is 140 Å². The predicted molar refractivity (Wildman–Crippen MR) is 87.6 cm³/mol. The Bertz CT molecular complexity index is 1110. The standard InChI is InChI=1S/C16H12N6O3/c23-15(9-3-4-11-12(6-9)20-8-19-11)18-7-13-21-14(22-25-13)10-2-1-5-17-16(10)24/h1-6,8H,7H2,(H,17,24)(H,18,23)(H,19,20). The number of pyridine rings is 1. The lowest BCUT2D eigenvalue weighted by Gasteiger charge is -2.02. The molecule has 0 spiro atoms. The molecule has 0 radical (unpaired) electrons. The fraction of sp³-hybridized carbons (Fsp3) is 0.0625. The number of H-pyrrole nitrogens is 2. The van der Waals surface area contributed by atoms with E-state index in [0.717, 1.165) is 11.0 Å². The van der Waals surface area contributed by atoms with Crippen LogP contribution in [0.15, 0.2) is 52.2 Å². The van der Waals surface area contributed by atoms with Gasteiger partial charge in [0.1, 0.15) is 0 Å². The maximum atomic E-state index is 12.2. The van der Waals surface area contributed by atoms with Crippen molar-refractivity contribution in [3.8, 4) is 11.4 Å². The summed E-state index contributed by atoms with van der Waals surface area (Å²) in [5, 5.41) is 6.46. The Morgan fingerprint density at radius 3 is 3.04 bits per heavy atom. The number of hydrogen-bond acceptors (Lipinski definition) is 6. The van der Waals surface area contributed by atoms with Crippen LogP contribution in [-0.4, -0.2) is 31.0 Å². The molecular formula is C16H12N6O3. The number of rotatable bonds is 4. The summed E-state index contributed by atoms with van der Waals surface area (Å²) >= 11 is 0. The van der Waals surface area contributed by atoms with E-state index in [0.29, 0.717) is 11.1 Å². The van der Waals surface area contributed by atoms with Crippen LogP contribution in [0.2, 0.25) is 0 Å². The maximum Gasteiger partial charge on any atom is 0.259 e. The van der Waals surface area contributed by atoms with Crippen molar-refractivity contribution in [1.82, 2.24) is 30.4 Å². The molecule has 124 valence electrons. The van der Waals surface area contributed by atoms with Crippen LogP contribution < -0.4 is 10.9 Å². The molecule has 0 aliphatic rings. The van der Waals surface area contributed by atoms with Gasteiger partial charge in [0.15, 0.2) is 0 Å². The van der Waals surface area contributed by atoms with Crippen molar-refractivity contribution in [2.45, 2.75) is 6.54 Å². The Balaban J connectivity index is 1.47. The quantitative estimate of drug-likeness (QED) is 0.514. The molecule has 0 saturated heterocycles. The molecule has 3 aromatic heterocycles. The highest BCUT2D eigenvalue weighted by Crippen LogP contribution is 2.12. The molecule has 1 amide bonds. The fourth-order valence-corrected chi connectivity index (χ4v) is 2.37. The summed E-state index contributed by atoms with van der Waals surface area (Å²) in [5.74, 6) is 0.0907. The number of amides is 1. The van der Waals surface area contributed by atoms with Crippen LogP contribution >= 0.6 is 0 Å². The minimum Gasteiger partial charge on any atom is -0.345 e. The first kappa shape index (κ1) is 14.8. The van der Waals surface area contributed by atoms with Crippen LogP contribution in [0, 0.1) is 0 Å². The zero-order valence-electron chi connectivity index (χ0n) is 12.8. The summed E-state index contributed by atoms with van der Waals surface area (Å²) < 4.78 is 5.07. The summed E-state index contributed by atoms with van der Waals surface area (Å²) in [7, 11) is 0. The Morgan fingerprint density at radius 2 is 2.16 bits per heavy atom. The number of carbonyl (C=O) groups is 1. The number of carbonyl (C=O) groups excluding carboxylic acids is 1. The third-order valence-corrected chi connectivity index (χ3v) is 3.61. The molecule has 0 saturated carbocycles. The minimum atomic E-state index is -0.313. The van der Waals surface area contributed by atoms with Crippen molar-refractivity contribution in [2.75, 3.05) is 0 Å². The van der Waals surface area contributed by atoms with Crippen molar-refractivity contribution in [1.29, 1.82) is 0 Å². The summed E-state index contributed by atoms with van der Waals surface area (Å²) in [6.07, 6.45) is 3.08. The molecule has 0 fully saturated rings. The molecule has 1 aromatic carbocycles. The molecule has 0 aliphatic heterocycles. The number of aromatic nitrogens is 5. The normalized spacial score (nSPS) is 10.9. The Kier molecular flexibility index (Phi) is 3.58. The van der Waals surface area contributed by atoms with Gasteiger partial charge in [0.05, 0.1) is 29.5 Å². The van der Waals surface area contributed by atoms with E-state index in [9.17, 15) is 9.59 Å². The van der Waals surface area contributed by atoms with Crippen LogP contribution in [0.1, 0.15) is 16.2 Å². The van der Waals surface area contributed by atoms with E-state index in [4.69, 9.17) is 4.52 Å². The van der Waals surface area contributed by atoms with Crippen LogP contribution in [0.5, 0.6) is 0 Å². The highest BCUT2D eigenvalue weighted by Gasteiger charge is 2.13. The van der Waals surface area contributed by atoms with Gasteiger partial charge in [-0.1, -0.05) is 5.16 Å². The molecule has 9 nitrogen and oxygen atoms in total. The number of aromatic amines is 2. The molecular weight excluding hydrogens is 324 g/mol. The molecule has 0 bridgehead atoms. The van der Waals surface area contributed by atoms with Crippen molar-refractivity contribution in [2.24, 2.45) is 0 Å². The first-order chi connectivity index (χ1) is 12.2. The third kappa shape index (κ3) is 2.90.